The van der Waals surface area contributed by atoms with Gasteiger partial charge >= 0.3 is 35.8 Å². The van der Waals surface area contributed by atoms with Crippen LogP contribution >= 0.6 is 0 Å². The highest BCUT2D eigenvalue weighted by molar-refractivity contribution is 5.86. The fraction of sp³-hybridized carbons (Fsp3) is 0.921. The Hall–Kier alpha value is -3.63. The van der Waals surface area contributed by atoms with E-state index in [2.05, 4.69) is 0 Å². The summed E-state index contributed by atoms with van der Waals surface area (Å²) in [6, 6.07) is 0. The molecule has 30 atom stereocenters. The molecule has 0 aliphatic heterocycles. The number of fused-ring (bicyclic) bond motifs is 27. The number of rotatable bonds is 23. The van der Waals surface area contributed by atoms with Crippen LogP contribution in [0.2, 0.25) is 0 Å². The largest absolute Gasteiger partial charge is 0.462 e. The summed E-state index contributed by atoms with van der Waals surface area (Å²) in [5.41, 5.74) is -0.857. The highest BCUT2D eigenvalue weighted by Crippen LogP contribution is 2.72. The molecule has 0 radical (unpaired) electrons. The molecule has 600 valence electrons. The van der Waals surface area contributed by atoms with Gasteiger partial charge in [-0.15, -0.1) is 0 Å². The molecule has 0 N–H and O–H groups in total. The van der Waals surface area contributed by atoms with Crippen LogP contribution in [-0.4, -0.2) is 99.6 Å². The van der Waals surface area contributed by atoms with Crippen LogP contribution < -0.4 is 0 Å². The standard InChI is InChI=1S/C30H42O6.C27H42O5.C26H40O5.6CH4/c1-4-30(2,3)29(33)36-23-12-16-11-21(23)25-19-9-15(24(16)25)10-20(19)28(32)35-13-34-27-18-6-14-5-17(8-18)26(31)22(27)7-14;1-4-27(2,3)26(29)32-22-13-18-12-21(22)24-19-10-17(23(18)24)11-20(19)25(28)31-15-30-14-16-8-6-5-7-9-16;1-3-15(2)25(27)31-22-12-18-11-21(22)24-19-9-17(23(18)24)10-20(19)26(28)30-14-29-13-16-7-5-4-6-8-16;;;;;;/h14-25,27H,4-13H2,1-3H3;16-24H,4-15H2,1-3H3;15-24H,3-14H2,1-2H3;6*1H4. The molecule has 0 spiro atoms. The summed E-state index contributed by atoms with van der Waals surface area (Å²) in [4.78, 5) is 89.6. The molecule has 0 aromatic carbocycles. The van der Waals surface area contributed by atoms with E-state index in [0.717, 1.165) is 134 Å². The van der Waals surface area contributed by atoms with E-state index in [-0.39, 0.29) is 161 Å². The second kappa shape index (κ2) is 35.0. The lowest BCUT2D eigenvalue weighted by Crippen LogP contribution is -2.55. The highest BCUT2D eigenvalue weighted by atomic mass is 16.7. The first-order valence-corrected chi connectivity index (χ1v) is 41.1. The SMILES string of the molecule is C.C.C.C.C.C.CCC(C)(C)C(=O)OC1CC2CC1C1C3CC(CC3C(=O)OCOC3C4CC5CC(C4)C(=O)C3C5)C21.CCC(C)(C)C(=O)OC1CC2CC1C1C3CC(CC3C(=O)OCOCC3CCCCC3)C21.CCC(C)C(=O)OC1CC2CC1C1C3CC(CC3C(=O)OCOCC3CCCCC3)C21. The maximum absolute atomic E-state index is 13.2. The second-order valence-corrected chi connectivity index (χ2v) is 37.7. The molecule has 18 aliphatic carbocycles. The first-order valence-electron chi connectivity index (χ1n) is 41.1. The summed E-state index contributed by atoms with van der Waals surface area (Å²) in [7, 11) is 0. The van der Waals surface area contributed by atoms with Gasteiger partial charge in [-0.1, -0.05) is 111 Å². The van der Waals surface area contributed by atoms with Crippen LogP contribution in [-0.2, 0) is 76.2 Å². The predicted octanol–water partition coefficient (Wildman–Crippen LogP) is 18.9. The van der Waals surface area contributed by atoms with E-state index in [0.29, 0.717) is 124 Å². The zero-order chi connectivity index (χ0) is 68.9. The fourth-order valence-electron chi connectivity index (χ4n) is 26.8. The first-order chi connectivity index (χ1) is 47.7. The van der Waals surface area contributed by atoms with Crippen molar-refractivity contribution in [2.45, 2.75) is 311 Å². The van der Waals surface area contributed by atoms with Gasteiger partial charge in [0, 0.05) is 11.8 Å². The fourth-order valence-corrected chi connectivity index (χ4v) is 26.8. The molecule has 105 heavy (non-hydrogen) atoms. The van der Waals surface area contributed by atoms with Crippen LogP contribution in [0.4, 0.5) is 0 Å². The number of carbonyl (C=O) groups excluding carboxylic acids is 7. The highest BCUT2D eigenvalue weighted by Gasteiger charge is 2.70. The Labute approximate surface area is 635 Å². The molecule has 16 heteroatoms. The molecular weight excluding hydrogens is 1320 g/mol. The van der Waals surface area contributed by atoms with Crippen molar-refractivity contribution in [2.24, 2.45) is 177 Å². The number of Topliss-reactive ketones (excluding diaryl/α,β-unsaturated/α-hetero) is 1. The number of hydrogen-bond donors (Lipinski definition) is 0. The molecule has 0 heterocycles. The third-order valence-electron chi connectivity index (χ3n) is 32.1. The number of ether oxygens (including phenoxy) is 9. The zero-order valence-electron chi connectivity index (χ0n) is 61.5. The van der Waals surface area contributed by atoms with E-state index in [4.69, 9.17) is 42.6 Å². The van der Waals surface area contributed by atoms with Crippen LogP contribution in [0, 0.1) is 177 Å². The summed E-state index contributed by atoms with van der Waals surface area (Å²) in [5.74, 6) is 12.9. The third-order valence-corrected chi connectivity index (χ3v) is 32.1. The molecule has 18 saturated carbocycles. The van der Waals surface area contributed by atoms with E-state index < -0.39 is 10.8 Å². The average Bonchev–Trinajstić information content (AvgIpc) is 1.56. The molecule has 16 nitrogen and oxygen atoms in total. The Morgan fingerprint density at radius 2 is 0.781 bits per heavy atom. The molecule has 18 fully saturated rings. The van der Waals surface area contributed by atoms with Crippen molar-refractivity contribution in [1.82, 2.24) is 0 Å². The van der Waals surface area contributed by atoms with Crippen molar-refractivity contribution in [2.75, 3.05) is 33.6 Å². The lowest BCUT2D eigenvalue weighted by Gasteiger charge is -2.52. The molecule has 0 saturated heterocycles. The Bertz CT molecular complexity index is 2950. The van der Waals surface area contributed by atoms with Gasteiger partial charge in [0.05, 0.1) is 53.8 Å². The summed E-state index contributed by atoms with van der Waals surface area (Å²) in [6.45, 7) is 17.6. The van der Waals surface area contributed by atoms with Crippen LogP contribution in [0.1, 0.15) is 286 Å². The minimum Gasteiger partial charge on any atom is -0.462 e. The van der Waals surface area contributed by atoms with Crippen LogP contribution in [0.25, 0.3) is 0 Å². The van der Waals surface area contributed by atoms with Crippen molar-refractivity contribution in [3.8, 4) is 0 Å². The van der Waals surface area contributed by atoms with Gasteiger partial charge in [-0.2, -0.15) is 0 Å². The van der Waals surface area contributed by atoms with Crippen LogP contribution in [0.3, 0.4) is 0 Å². The van der Waals surface area contributed by atoms with Gasteiger partial charge in [0.15, 0.2) is 20.4 Å². The molecule has 16 bridgehead atoms. The Balaban J connectivity index is 0.000000178. The van der Waals surface area contributed by atoms with E-state index in [1.807, 2.05) is 55.4 Å². The maximum Gasteiger partial charge on any atom is 0.311 e. The third kappa shape index (κ3) is 16.3. The van der Waals surface area contributed by atoms with Gasteiger partial charge in [-0.25, -0.2) is 0 Å². The lowest BCUT2D eigenvalue weighted by molar-refractivity contribution is -0.193. The normalized spacial score (nSPS) is 41.7. The number of hydrogen-bond acceptors (Lipinski definition) is 16. The Morgan fingerprint density at radius 1 is 0.410 bits per heavy atom. The maximum atomic E-state index is 13.2. The molecule has 0 aromatic heterocycles. The molecule has 18 aliphatic rings. The summed E-state index contributed by atoms with van der Waals surface area (Å²) < 4.78 is 52.6. The molecule has 0 aromatic rings. The van der Waals surface area contributed by atoms with Gasteiger partial charge in [0.2, 0.25) is 0 Å². The van der Waals surface area contributed by atoms with Gasteiger partial charge in [-0.05, 0) is 306 Å². The van der Waals surface area contributed by atoms with Gasteiger partial charge in [0.25, 0.3) is 0 Å². The van der Waals surface area contributed by atoms with Gasteiger partial charge in [-0.3, -0.25) is 33.6 Å². The van der Waals surface area contributed by atoms with Crippen molar-refractivity contribution in [3.63, 3.8) is 0 Å². The van der Waals surface area contributed by atoms with Crippen molar-refractivity contribution in [1.29, 1.82) is 0 Å². The minimum absolute atomic E-state index is 0. The Morgan fingerprint density at radius 3 is 1.17 bits per heavy atom. The molecule has 18 rings (SSSR count). The van der Waals surface area contributed by atoms with Gasteiger partial charge in [0.1, 0.15) is 24.1 Å². The Kier molecular flexibility index (Phi) is 28.4. The molecular formula is C89H148O16. The lowest BCUT2D eigenvalue weighted by atomic mass is 9.54. The second-order valence-electron chi connectivity index (χ2n) is 37.7. The predicted molar refractivity (Wildman–Crippen MR) is 407 cm³/mol. The number of ketones is 1. The zero-order valence-corrected chi connectivity index (χ0v) is 61.5. The van der Waals surface area contributed by atoms with E-state index in [9.17, 15) is 33.6 Å². The van der Waals surface area contributed by atoms with E-state index >= 15 is 0 Å². The summed E-state index contributed by atoms with van der Waals surface area (Å²) >= 11 is 0. The summed E-state index contributed by atoms with van der Waals surface area (Å²) in [6.07, 6.45) is 32.5. The molecule has 0 amide bonds. The van der Waals surface area contributed by atoms with Crippen LogP contribution in [0.5, 0.6) is 0 Å². The topological polar surface area (TPSA) is 203 Å². The number of carbonyl (C=O) groups is 7. The monoisotopic (exact) mass is 1470 g/mol. The van der Waals surface area contributed by atoms with E-state index in [1.54, 1.807) is 0 Å². The quantitative estimate of drug-likeness (QED) is 0.0307. The van der Waals surface area contributed by atoms with E-state index in [1.165, 1.54) is 77.0 Å². The summed E-state index contributed by atoms with van der Waals surface area (Å²) in [5, 5.41) is 0. The van der Waals surface area contributed by atoms with Crippen LogP contribution in [0.15, 0.2) is 0 Å². The molecule has 30 unspecified atom stereocenters. The smallest absolute Gasteiger partial charge is 0.311 e. The average molecular weight is 1470 g/mol. The minimum atomic E-state index is -0.440. The number of esters is 6. The van der Waals surface area contributed by atoms with Crippen molar-refractivity contribution >= 4 is 41.6 Å². The first kappa shape index (κ1) is 85.4. The van der Waals surface area contributed by atoms with Crippen molar-refractivity contribution < 1.29 is 76.2 Å². The van der Waals surface area contributed by atoms with Crippen molar-refractivity contribution in [3.05, 3.63) is 0 Å². The van der Waals surface area contributed by atoms with Gasteiger partial charge < -0.3 is 42.6 Å².